The smallest absolute Gasteiger partial charge is 0.411 e. The number of nitrogens with one attached hydrogen (secondary N) is 2. The summed E-state index contributed by atoms with van der Waals surface area (Å²) in [7, 11) is 0. The summed E-state index contributed by atoms with van der Waals surface area (Å²) < 4.78 is 5.98. The Morgan fingerprint density at radius 3 is 2.00 bits per heavy atom. The van der Waals surface area contributed by atoms with Crippen molar-refractivity contribution >= 4 is 28.2 Å². The van der Waals surface area contributed by atoms with E-state index in [1.807, 2.05) is 25.7 Å². The van der Waals surface area contributed by atoms with Gasteiger partial charge in [-0.1, -0.05) is 93.5 Å². The standard InChI is InChI=1S/C51H59N5O2/c1-51(2,3)58-50(57)56-46-12-8-7-11-39(46)31-47(56)49-54-43-25-23-38(30-45(43)55-49)41-28-34-14-19-35-18-13-33(15-20-36(41)21-16-34)27-40(35)37-22-24-42-44(29-37)53-48(52-42)26-17-32-9-5-4-6-10-32/h13,16,18,21-25,27-30,32,39,46-47H,4-12,14-15,17,19-20,26,31H2,1-3H3,(H,52,53)(H,54,55)/t39-,46-,47-/m0/s1. The molecule has 7 aliphatic rings. The molecule has 1 aliphatic heterocycles. The van der Waals surface area contributed by atoms with Crippen LogP contribution in [0.15, 0.2) is 72.8 Å². The first kappa shape index (κ1) is 37.4. The fourth-order valence-electron chi connectivity index (χ4n) is 10.9. The molecule has 1 saturated heterocycles. The zero-order valence-electron chi connectivity index (χ0n) is 34.7. The van der Waals surface area contributed by atoms with E-state index in [0.717, 1.165) is 97.4 Å². The fourth-order valence-corrected chi connectivity index (χ4v) is 10.9. The number of nitrogens with zero attached hydrogens (tertiary/aromatic N) is 3. The molecule has 7 nitrogen and oxygen atoms in total. The Labute approximate surface area is 343 Å². The number of rotatable bonds is 6. The number of likely N-dealkylation sites (tertiary alicyclic amines) is 1. The van der Waals surface area contributed by atoms with Gasteiger partial charge in [-0.2, -0.15) is 0 Å². The second kappa shape index (κ2) is 15.4. The minimum absolute atomic E-state index is 0.103. The molecule has 6 aliphatic carbocycles. The molecule has 58 heavy (non-hydrogen) atoms. The number of amides is 1. The van der Waals surface area contributed by atoms with E-state index in [2.05, 4.69) is 82.8 Å². The summed E-state index contributed by atoms with van der Waals surface area (Å²) in [5, 5.41) is 0. The molecule has 3 atom stereocenters. The van der Waals surface area contributed by atoms with E-state index in [1.165, 1.54) is 89.5 Å². The number of fused-ring (bicyclic) bond motifs is 3. The van der Waals surface area contributed by atoms with Gasteiger partial charge in [0.15, 0.2) is 0 Å². The van der Waals surface area contributed by atoms with Gasteiger partial charge in [0.1, 0.15) is 17.2 Å². The van der Waals surface area contributed by atoms with Crippen LogP contribution in [0, 0.1) is 11.8 Å². The number of benzene rings is 4. The van der Waals surface area contributed by atoms with Gasteiger partial charge in [0, 0.05) is 12.5 Å². The van der Waals surface area contributed by atoms with Crippen LogP contribution in [0.25, 0.3) is 44.3 Å². The SMILES string of the molecule is CC(C)(C)OC(=O)N1[C@H](c2nc3cc(-c4cc5ccc4CCc4ccc(c(-c6ccc7[nH]c(CCC8CCCCC8)nc7c6)c4)CC5)ccc3[nH]2)C[C@@H]2CCCC[C@@H]21. The van der Waals surface area contributed by atoms with Crippen molar-refractivity contribution in [3.63, 3.8) is 0 Å². The van der Waals surface area contributed by atoms with Crippen LogP contribution < -0.4 is 0 Å². The Bertz CT molecular complexity index is 2460. The van der Waals surface area contributed by atoms with Crippen LogP contribution >= 0.6 is 0 Å². The summed E-state index contributed by atoms with van der Waals surface area (Å²) in [5.41, 5.74) is 14.2. The van der Waals surface area contributed by atoms with Crippen molar-refractivity contribution in [3.05, 3.63) is 107 Å². The molecule has 2 N–H and O–H groups in total. The number of aromatic amines is 2. The van der Waals surface area contributed by atoms with E-state index in [4.69, 9.17) is 14.7 Å². The molecule has 4 bridgehead atoms. The maximum Gasteiger partial charge on any atom is 0.411 e. The maximum absolute atomic E-state index is 13.7. The van der Waals surface area contributed by atoms with E-state index >= 15 is 0 Å². The molecular weight excluding hydrogens is 715 g/mol. The zero-order chi connectivity index (χ0) is 39.4. The average molecular weight is 774 g/mol. The molecule has 2 aromatic heterocycles. The predicted octanol–water partition coefficient (Wildman–Crippen LogP) is 12.4. The van der Waals surface area contributed by atoms with Crippen LogP contribution in [0.3, 0.4) is 0 Å². The molecule has 4 aromatic carbocycles. The maximum atomic E-state index is 13.7. The number of imidazole rings is 2. The van der Waals surface area contributed by atoms with E-state index in [0.29, 0.717) is 5.92 Å². The number of aryl methyl sites for hydroxylation is 5. The van der Waals surface area contributed by atoms with Gasteiger partial charge in [-0.25, -0.2) is 14.8 Å². The van der Waals surface area contributed by atoms with Crippen molar-refractivity contribution in [2.24, 2.45) is 11.8 Å². The lowest BCUT2D eigenvalue weighted by Crippen LogP contribution is -2.43. The van der Waals surface area contributed by atoms with Gasteiger partial charge in [-0.15, -0.1) is 0 Å². The topological polar surface area (TPSA) is 86.9 Å². The number of aromatic nitrogens is 4. The highest BCUT2D eigenvalue weighted by atomic mass is 16.6. The minimum atomic E-state index is -0.541. The Hall–Kier alpha value is -4.91. The normalized spacial score (nSPS) is 21.4. The van der Waals surface area contributed by atoms with Gasteiger partial charge in [0.25, 0.3) is 0 Å². The lowest BCUT2D eigenvalue weighted by atomic mass is 9.85. The number of ether oxygens (including phenoxy) is 1. The summed E-state index contributed by atoms with van der Waals surface area (Å²) >= 11 is 0. The molecule has 0 unspecified atom stereocenters. The van der Waals surface area contributed by atoms with Crippen molar-refractivity contribution in [1.29, 1.82) is 0 Å². The lowest BCUT2D eigenvalue weighted by molar-refractivity contribution is 0.00953. The summed E-state index contributed by atoms with van der Waals surface area (Å²) in [6.45, 7) is 5.86. The van der Waals surface area contributed by atoms with E-state index in [9.17, 15) is 4.79 Å². The zero-order valence-corrected chi connectivity index (χ0v) is 34.7. The Morgan fingerprint density at radius 2 is 1.33 bits per heavy atom. The van der Waals surface area contributed by atoms with E-state index in [1.54, 1.807) is 0 Å². The molecule has 7 heteroatoms. The van der Waals surface area contributed by atoms with Crippen LogP contribution in [-0.2, 0) is 36.8 Å². The molecule has 2 saturated carbocycles. The largest absolute Gasteiger partial charge is 0.444 e. The number of carbonyl (C=O) groups is 1. The van der Waals surface area contributed by atoms with Gasteiger partial charge in [-0.3, -0.25) is 4.90 Å². The molecule has 1 amide bonds. The number of H-pyrrole nitrogens is 2. The predicted molar refractivity (Wildman–Crippen MR) is 234 cm³/mol. The van der Waals surface area contributed by atoms with Crippen molar-refractivity contribution in [1.82, 2.24) is 24.8 Å². The van der Waals surface area contributed by atoms with Crippen molar-refractivity contribution in [3.8, 4) is 22.3 Å². The average Bonchev–Trinajstić information content (AvgIpc) is 3.95. The Kier molecular flexibility index (Phi) is 9.89. The number of hydrogen-bond acceptors (Lipinski definition) is 4. The Balaban J connectivity index is 0.900. The quantitative estimate of drug-likeness (QED) is 0.176. The highest BCUT2D eigenvalue weighted by Crippen LogP contribution is 2.47. The molecular formula is C51H59N5O2. The van der Waals surface area contributed by atoms with Crippen LogP contribution in [0.4, 0.5) is 4.79 Å². The molecule has 13 rings (SSSR count). The minimum Gasteiger partial charge on any atom is -0.444 e. The van der Waals surface area contributed by atoms with Gasteiger partial charge < -0.3 is 14.7 Å². The highest BCUT2D eigenvalue weighted by Gasteiger charge is 2.47. The first-order valence-corrected chi connectivity index (χ1v) is 22.4. The summed E-state index contributed by atoms with van der Waals surface area (Å²) in [6, 6.07) is 27.9. The third-order valence-corrected chi connectivity index (χ3v) is 13.9. The first-order chi connectivity index (χ1) is 28.2. The highest BCUT2D eigenvalue weighted by molar-refractivity contribution is 5.84. The second-order valence-corrected chi connectivity index (χ2v) is 19.0. The van der Waals surface area contributed by atoms with Crippen LogP contribution in [0.5, 0.6) is 0 Å². The number of hydrogen-bond donors (Lipinski definition) is 2. The first-order valence-electron chi connectivity index (χ1n) is 22.4. The third-order valence-electron chi connectivity index (χ3n) is 13.9. The molecule has 0 spiro atoms. The van der Waals surface area contributed by atoms with Crippen molar-refractivity contribution in [2.45, 2.75) is 141 Å². The van der Waals surface area contributed by atoms with Gasteiger partial charge >= 0.3 is 6.09 Å². The second-order valence-electron chi connectivity index (χ2n) is 19.0. The van der Waals surface area contributed by atoms with Crippen LogP contribution in [0.2, 0.25) is 0 Å². The van der Waals surface area contributed by atoms with Crippen molar-refractivity contribution in [2.75, 3.05) is 0 Å². The summed E-state index contributed by atoms with van der Waals surface area (Å²) in [5.74, 6) is 3.37. The van der Waals surface area contributed by atoms with Crippen LogP contribution in [-0.4, -0.2) is 42.6 Å². The van der Waals surface area contributed by atoms with Crippen LogP contribution in [0.1, 0.15) is 131 Å². The number of carbonyl (C=O) groups excluding carboxylic acids is 1. The molecule has 3 fully saturated rings. The van der Waals surface area contributed by atoms with Gasteiger partial charge in [-0.05, 0) is 153 Å². The van der Waals surface area contributed by atoms with E-state index < -0.39 is 5.60 Å². The molecule has 6 aromatic rings. The van der Waals surface area contributed by atoms with E-state index in [-0.39, 0.29) is 18.2 Å². The summed E-state index contributed by atoms with van der Waals surface area (Å²) in [4.78, 5) is 33.3. The van der Waals surface area contributed by atoms with Gasteiger partial charge in [0.05, 0.1) is 28.1 Å². The fraction of sp³-hybridized carbons (Fsp3) is 0.471. The van der Waals surface area contributed by atoms with Crippen molar-refractivity contribution < 1.29 is 9.53 Å². The molecule has 3 heterocycles. The molecule has 0 radical (unpaired) electrons. The third kappa shape index (κ3) is 7.57. The summed E-state index contributed by atoms with van der Waals surface area (Å²) in [6.07, 6.45) is 18.4. The lowest BCUT2D eigenvalue weighted by Gasteiger charge is -2.34. The van der Waals surface area contributed by atoms with Gasteiger partial charge in [0.2, 0.25) is 0 Å². The Morgan fingerprint density at radius 1 is 0.707 bits per heavy atom. The molecule has 300 valence electrons. The monoisotopic (exact) mass is 773 g/mol.